The van der Waals surface area contributed by atoms with E-state index in [0.29, 0.717) is 32.8 Å². The Kier molecular flexibility index (Phi) is 7.20. The third-order valence-electron chi connectivity index (χ3n) is 4.02. The largest absolute Gasteiger partial charge is 0.494 e. The fraction of sp³-hybridized carbons (Fsp3) is 0.421. The molecule has 0 N–H and O–H groups in total. The minimum atomic E-state index is -0.574. The van der Waals surface area contributed by atoms with Crippen LogP contribution >= 0.6 is 0 Å². The summed E-state index contributed by atoms with van der Waals surface area (Å²) in [6.07, 6.45) is 2.91. The van der Waals surface area contributed by atoms with Gasteiger partial charge in [0.2, 0.25) is 5.91 Å². The summed E-state index contributed by atoms with van der Waals surface area (Å²) in [5.74, 6) is -0.0590. The molecule has 7 nitrogen and oxygen atoms in total. The Labute approximate surface area is 153 Å². The van der Waals surface area contributed by atoms with Gasteiger partial charge in [0.05, 0.1) is 6.61 Å². The molecule has 0 aliphatic carbocycles. The zero-order valence-electron chi connectivity index (χ0n) is 15.1. The van der Waals surface area contributed by atoms with Gasteiger partial charge in [-0.25, -0.2) is 4.79 Å². The Hall–Kier alpha value is -2.83. The van der Waals surface area contributed by atoms with E-state index in [-0.39, 0.29) is 18.4 Å². The first kappa shape index (κ1) is 19.5. The first-order chi connectivity index (χ1) is 12.5. The maximum absolute atomic E-state index is 12.1. The van der Waals surface area contributed by atoms with E-state index >= 15 is 0 Å². The van der Waals surface area contributed by atoms with Crippen molar-refractivity contribution in [2.75, 3.05) is 39.4 Å². The Bertz CT molecular complexity index is 661. The van der Waals surface area contributed by atoms with Crippen molar-refractivity contribution >= 4 is 23.9 Å². The van der Waals surface area contributed by atoms with Gasteiger partial charge in [-0.2, -0.15) is 0 Å². The van der Waals surface area contributed by atoms with Crippen LogP contribution in [-0.2, 0) is 19.1 Å². The number of carbonyl (C=O) groups excluding carboxylic acids is 3. The number of hydrogen-bond acceptors (Lipinski definition) is 5. The van der Waals surface area contributed by atoms with Crippen LogP contribution < -0.4 is 4.74 Å². The van der Waals surface area contributed by atoms with Crippen LogP contribution in [0.5, 0.6) is 5.75 Å². The quantitative estimate of drug-likeness (QED) is 0.565. The van der Waals surface area contributed by atoms with Crippen LogP contribution in [0, 0.1) is 0 Å². The SMILES string of the molecule is CCOc1ccc(/C=C/C(=O)OCC(=O)N2CCN(C(C)=O)CC2)cc1. The summed E-state index contributed by atoms with van der Waals surface area (Å²) in [6, 6.07) is 7.29. The predicted molar refractivity (Wildman–Crippen MR) is 96.4 cm³/mol. The number of nitrogens with zero attached hydrogens (tertiary/aromatic N) is 2. The van der Waals surface area contributed by atoms with Gasteiger partial charge in [-0.05, 0) is 30.7 Å². The lowest BCUT2D eigenvalue weighted by Gasteiger charge is -2.34. The zero-order chi connectivity index (χ0) is 18.9. The van der Waals surface area contributed by atoms with Gasteiger partial charge in [-0.3, -0.25) is 9.59 Å². The number of piperazine rings is 1. The average Bonchev–Trinajstić information content (AvgIpc) is 2.66. The molecule has 0 aromatic heterocycles. The maximum atomic E-state index is 12.1. The second-order valence-corrected chi connectivity index (χ2v) is 5.83. The molecule has 26 heavy (non-hydrogen) atoms. The van der Waals surface area contributed by atoms with Crippen molar-refractivity contribution in [1.82, 2.24) is 9.80 Å². The molecule has 1 saturated heterocycles. The van der Waals surface area contributed by atoms with Crippen LogP contribution in [0.1, 0.15) is 19.4 Å². The summed E-state index contributed by atoms with van der Waals surface area (Å²) < 4.78 is 10.3. The molecule has 2 rings (SSSR count). The third-order valence-corrected chi connectivity index (χ3v) is 4.02. The average molecular weight is 360 g/mol. The van der Waals surface area contributed by atoms with Gasteiger partial charge in [0.1, 0.15) is 5.75 Å². The summed E-state index contributed by atoms with van der Waals surface area (Å²) >= 11 is 0. The minimum Gasteiger partial charge on any atom is -0.494 e. The van der Waals surface area contributed by atoms with E-state index < -0.39 is 5.97 Å². The monoisotopic (exact) mass is 360 g/mol. The van der Waals surface area contributed by atoms with Gasteiger partial charge < -0.3 is 19.3 Å². The minimum absolute atomic E-state index is 0.00273. The summed E-state index contributed by atoms with van der Waals surface area (Å²) in [4.78, 5) is 38.4. The van der Waals surface area contributed by atoms with Crippen LogP contribution in [-0.4, -0.2) is 67.0 Å². The molecule has 0 bridgehead atoms. The van der Waals surface area contributed by atoms with Gasteiger partial charge in [0.25, 0.3) is 5.91 Å². The molecule has 1 fully saturated rings. The fourth-order valence-electron chi connectivity index (χ4n) is 2.55. The molecule has 1 heterocycles. The van der Waals surface area contributed by atoms with Crippen molar-refractivity contribution in [3.05, 3.63) is 35.9 Å². The van der Waals surface area contributed by atoms with Gasteiger partial charge in [-0.1, -0.05) is 12.1 Å². The molecule has 0 spiro atoms. The molecular weight excluding hydrogens is 336 g/mol. The van der Waals surface area contributed by atoms with Gasteiger partial charge in [-0.15, -0.1) is 0 Å². The Morgan fingerprint density at radius 1 is 1.04 bits per heavy atom. The van der Waals surface area contributed by atoms with Crippen molar-refractivity contribution in [3.63, 3.8) is 0 Å². The van der Waals surface area contributed by atoms with Crippen LogP contribution in [0.25, 0.3) is 6.08 Å². The topological polar surface area (TPSA) is 76.2 Å². The van der Waals surface area contributed by atoms with Gasteiger partial charge in [0, 0.05) is 39.2 Å². The molecule has 0 saturated carbocycles. The molecule has 140 valence electrons. The van der Waals surface area contributed by atoms with Crippen molar-refractivity contribution in [3.8, 4) is 5.75 Å². The van der Waals surface area contributed by atoms with E-state index in [2.05, 4.69) is 0 Å². The molecule has 2 amide bonds. The highest BCUT2D eigenvalue weighted by Crippen LogP contribution is 2.13. The highest BCUT2D eigenvalue weighted by atomic mass is 16.5. The number of ether oxygens (including phenoxy) is 2. The van der Waals surface area contributed by atoms with E-state index in [0.717, 1.165) is 11.3 Å². The standard InChI is InChI=1S/C19H24N2O5/c1-3-25-17-7-4-16(5-8-17)6-9-19(24)26-14-18(23)21-12-10-20(11-13-21)15(2)22/h4-9H,3,10-14H2,1-2H3/b9-6+. The van der Waals surface area contributed by atoms with E-state index in [1.165, 1.54) is 13.0 Å². The second kappa shape index (κ2) is 9.60. The molecule has 7 heteroatoms. The van der Waals surface area contributed by atoms with E-state index in [9.17, 15) is 14.4 Å². The van der Waals surface area contributed by atoms with Crippen molar-refractivity contribution < 1.29 is 23.9 Å². The lowest BCUT2D eigenvalue weighted by atomic mass is 10.2. The predicted octanol–water partition coefficient (Wildman–Crippen LogP) is 1.33. The lowest BCUT2D eigenvalue weighted by molar-refractivity contribution is -0.149. The third kappa shape index (κ3) is 5.91. The number of esters is 1. The van der Waals surface area contributed by atoms with Gasteiger partial charge in [0.15, 0.2) is 6.61 Å². The molecule has 1 aliphatic rings. The Morgan fingerprint density at radius 3 is 2.23 bits per heavy atom. The lowest BCUT2D eigenvalue weighted by Crippen LogP contribution is -2.51. The van der Waals surface area contributed by atoms with Crippen molar-refractivity contribution in [2.24, 2.45) is 0 Å². The summed E-state index contributed by atoms with van der Waals surface area (Å²) in [7, 11) is 0. The van der Waals surface area contributed by atoms with Crippen LogP contribution in [0.2, 0.25) is 0 Å². The van der Waals surface area contributed by atoms with Crippen molar-refractivity contribution in [2.45, 2.75) is 13.8 Å². The van der Waals surface area contributed by atoms with Crippen LogP contribution in [0.15, 0.2) is 30.3 Å². The molecule has 0 radical (unpaired) electrons. The number of rotatable bonds is 6. The molecule has 1 aromatic carbocycles. The van der Waals surface area contributed by atoms with Gasteiger partial charge >= 0.3 is 5.97 Å². The molecule has 1 aromatic rings. The number of carbonyl (C=O) groups is 3. The van der Waals surface area contributed by atoms with Crippen LogP contribution in [0.3, 0.4) is 0 Å². The first-order valence-electron chi connectivity index (χ1n) is 8.60. The Balaban J connectivity index is 1.74. The second-order valence-electron chi connectivity index (χ2n) is 5.83. The van der Waals surface area contributed by atoms with Crippen molar-refractivity contribution in [1.29, 1.82) is 0 Å². The van der Waals surface area contributed by atoms with Crippen LogP contribution in [0.4, 0.5) is 0 Å². The highest BCUT2D eigenvalue weighted by molar-refractivity contribution is 5.89. The number of hydrogen-bond donors (Lipinski definition) is 0. The summed E-state index contributed by atoms with van der Waals surface area (Å²) in [5.41, 5.74) is 0.831. The molecule has 0 atom stereocenters. The normalized spacial score (nSPS) is 14.4. The smallest absolute Gasteiger partial charge is 0.331 e. The fourth-order valence-corrected chi connectivity index (χ4v) is 2.55. The van der Waals surface area contributed by atoms with E-state index in [1.807, 2.05) is 31.2 Å². The summed E-state index contributed by atoms with van der Waals surface area (Å²) in [6.45, 7) is 5.64. The first-order valence-corrected chi connectivity index (χ1v) is 8.60. The Morgan fingerprint density at radius 2 is 1.65 bits per heavy atom. The molecule has 0 unspecified atom stereocenters. The van der Waals surface area contributed by atoms with E-state index in [4.69, 9.17) is 9.47 Å². The number of amides is 2. The van der Waals surface area contributed by atoms with E-state index in [1.54, 1.807) is 15.9 Å². The maximum Gasteiger partial charge on any atom is 0.331 e. The molecular formula is C19H24N2O5. The zero-order valence-corrected chi connectivity index (χ0v) is 15.1. The number of benzene rings is 1. The summed E-state index contributed by atoms with van der Waals surface area (Å²) in [5, 5.41) is 0. The highest BCUT2D eigenvalue weighted by Gasteiger charge is 2.22. The molecule has 1 aliphatic heterocycles.